The van der Waals surface area contributed by atoms with E-state index in [-0.39, 0.29) is 6.42 Å². The molecule has 1 saturated carbocycles. The van der Waals surface area contributed by atoms with Crippen molar-refractivity contribution in [3.63, 3.8) is 0 Å². The number of rotatable bonds is 1. The molecule has 0 aromatic heterocycles. The predicted molar refractivity (Wildman–Crippen MR) is 29.9 cm³/mol. The Morgan fingerprint density at radius 1 is 1.64 bits per heavy atom. The van der Waals surface area contributed by atoms with Crippen LogP contribution in [0.4, 0.5) is 13.2 Å². The standard InChI is InChI=1S/C6H7F3O2/c1-5(4(10)11)2-3(5)6(7,8)9/h3H,2H2,1H3,(H,10,11)/t3-,5-/m0/s1. The molecule has 0 aromatic carbocycles. The summed E-state index contributed by atoms with van der Waals surface area (Å²) in [4.78, 5) is 10.2. The van der Waals surface area contributed by atoms with Crippen molar-refractivity contribution in [2.45, 2.75) is 19.5 Å². The van der Waals surface area contributed by atoms with Crippen molar-refractivity contribution < 1.29 is 23.1 Å². The largest absolute Gasteiger partial charge is 0.481 e. The molecule has 2 atom stereocenters. The molecular formula is C6H7F3O2. The van der Waals surface area contributed by atoms with E-state index in [1.54, 1.807) is 0 Å². The van der Waals surface area contributed by atoms with E-state index < -0.39 is 23.5 Å². The van der Waals surface area contributed by atoms with Crippen LogP contribution in [0.1, 0.15) is 13.3 Å². The van der Waals surface area contributed by atoms with E-state index in [0.29, 0.717) is 0 Å². The monoisotopic (exact) mass is 168 g/mol. The molecule has 64 valence electrons. The van der Waals surface area contributed by atoms with Crippen LogP contribution in [0, 0.1) is 11.3 Å². The second kappa shape index (κ2) is 1.89. The van der Waals surface area contributed by atoms with Crippen molar-refractivity contribution in [2.75, 3.05) is 0 Å². The van der Waals surface area contributed by atoms with Crippen LogP contribution in [0.25, 0.3) is 0 Å². The maximum atomic E-state index is 11.8. The average Bonchev–Trinajstić information content (AvgIpc) is 2.41. The van der Waals surface area contributed by atoms with Crippen molar-refractivity contribution in [3.05, 3.63) is 0 Å². The highest BCUT2D eigenvalue weighted by Gasteiger charge is 2.68. The lowest BCUT2D eigenvalue weighted by Gasteiger charge is -2.07. The molecule has 2 nitrogen and oxygen atoms in total. The highest BCUT2D eigenvalue weighted by Crippen LogP contribution is 2.60. The number of carboxylic acids is 1. The Bertz CT molecular complexity index is 198. The summed E-state index contributed by atoms with van der Waals surface area (Å²) in [6.45, 7) is 1.12. The lowest BCUT2D eigenvalue weighted by atomic mass is 10.1. The summed E-state index contributed by atoms with van der Waals surface area (Å²) in [6, 6.07) is 0. The summed E-state index contributed by atoms with van der Waals surface area (Å²) in [6.07, 6.45) is -4.64. The number of aliphatic carboxylic acids is 1. The zero-order valence-corrected chi connectivity index (χ0v) is 5.77. The second-order valence-corrected chi connectivity index (χ2v) is 3.02. The van der Waals surface area contributed by atoms with Crippen LogP contribution in [0.3, 0.4) is 0 Å². The minimum atomic E-state index is -4.35. The number of hydrogen-bond donors (Lipinski definition) is 1. The minimum Gasteiger partial charge on any atom is -0.481 e. The van der Waals surface area contributed by atoms with Gasteiger partial charge in [0.15, 0.2) is 0 Å². The fourth-order valence-corrected chi connectivity index (χ4v) is 1.08. The lowest BCUT2D eigenvalue weighted by Crippen LogP contribution is -2.21. The number of hydrogen-bond acceptors (Lipinski definition) is 1. The molecule has 1 N–H and O–H groups in total. The minimum absolute atomic E-state index is 0.286. The molecule has 11 heavy (non-hydrogen) atoms. The van der Waals surface area contributed by atoms with Gasteiger partial charge in [-0.25, -0.2) is 0 Å². The van der Waals surface area contributed by atoms with Gasteiger partial charge in [-0.05, 0) is 13.3 Å². The maximum Gasteiger partial charge on any atom is 0.392 e. The summed E-state index contributed by atoms with van der Waals surface area (Å²) >= 11 is 0. The number of halogens is 3. The first-order valence-electron chi connectivity index (χ1n) is 3.08. The van der Waals surface area contributed by atoms with Crippen molar-refractivity contribution in [1.29, 1.82) is 0 Å². The summed E-state index contributed by atoms with van der Waals surface area (Å²) < 4.78 is 35.5. The van der Waals surface area contributed by atoms with E-state index in [1.165, 1.54) is 0 Å². The Labute approximate surface area is 61.0 Å². The first kappa shape index (κ1) is 8.36. The van der Waals surface area contributed by atoms with Crippen LogP contribution in [-0.4, -0.2) is 17.3 Å². The zero-order chi connectivity index (χ0) is 8.86. The van der Waals surface area contributed by atoms with Crippen molar-refractivity contribution in [3.8, 4) is 0 Å². The van der Waals surface area contributed by atoms with Gasteiger partial charge in [0.1, 0.15) is 0 Å². The third kappa shape index (κ3) is 1.19. The van der Waals surface area contributed by atoms with Crippen molar-refractivity contribution in [2.24, 2.45) is 11.3 Å². The first-order valence-corrected chi connectivity index (χ1v) is 3.08. The average molecular weight is 168 g/mol. The fourth-order valence-electron chi connectivity index (χ4n) is 1.08. The Morgan fingerprint density at radius 3 is 2.18 bits per heavy atom. The third-order valence-corrected chi connectivity index (χ3v) is 2.12. The first-order chi connectivity index (χ1) is 4.78. The van der Waals surface area contributed by atoms with Gasteiger partial charge in [0, 0.05) is 0 Å². The molecule has 1 aliphatic rings. The molecule has 5 heteroatoms. The summed E-state index contributed by atoms with van der Waals surface area (Å²) in [7, 11) is 0. The second-order valence-electron chi connectivity index (χ2n) is 3.02. The van der Waals surface area contributed by atoms with Gasteiger partial charge in [0.2, 0.25) is 0 Å². The van der Waals surface area contributed by atoms with Gasteiger partial charge in [-0.15, -0.1) is 0 Å². The van der Waals surface area contributed by atoms with Gasteiger partial charge in [-0.1, -0.05) is 0 Å². The Kier molecular flexibility index (Phi) is 1.44. The van der Waals surface area contributed by atoms with Gasteiger partial charge < -0.3 is 5.11 Å². The summed E-state index contributed by atoms with van der Waals surface area (Å²) in [5.74, 6) is -3.01. The van der Waals surface area contributed by atoms with Gasteiger partial charge in [-0.2, -0.15) is 13.2 Å². The molecule has 0 aromatic rings. The van der Waals surface area contributed by atoms with E-state index in [9.17, 15) is 18.0 Å². The molecule has 0 saturated heterocycles. The van der Waals surface area contributed by atoms with Crippen LogP contribution < -0.4 is 0 Å². The molecular weight excluding hydrogens is 161 g/mol. The van der Waals surface area contributed by atoms with E-state index in [0.717, 1.165) is 6.92 Å². The van der Waals surface area contributed by atoms with Gasteiger partial charge in [-0.3, -0.25) is 4.79 Å². The molecule has 1 rings (SSSR count). The smallest absolute Gasteiger partial charge is 0.392 e. The topological polar surface area (TPSA) is 37.3 Å². The zero-order valence-electron chi connectivity index (χ0n) is 5.77. The Morgan fingerprint density at radius 2 is 2.09 bits per heavy atom. The van der Waals surface area contributed by atoms with Crippen LogP contribution in [0.2, 0.25) is 0 Å². The number of carboxylic acid groups (broad SMARTS) is 1. The summed E-state index contributed by atoms with van der Waals surface area (Å²) in [5, 5.41) is 8.35. The van der Waals surface area contributed by atoms with Crippen LogP contribution in [0.5, 0.6) is 0 Å². The predicted octanol–water partition coefficient (Wildman–Crippen LogP) is 1.66. The maximum absolute atomic E-state index is 11.8. The molecule has 0 unspecified atom stereocenters. The third-order valence-electron chi connectivity index (χ3n) is 2.12. The number of alkyl halides is 3. The SMILES string of the molecule is C[C@]1(C(=O)O)C[C@@H]1C(F)(F)F. The van der Waals surface area contributed by atoms with Gasteiger partial charge in [0.25, 0.3) is 0 Å². The van der Waals surface area contributed by atoms with Crippen LogP contribution in [0.15, 0.2) is 0 Å². The lowest BCUT2D eigenvalue weighted by molar-refractivity contribution is -0.167. The molecule has 0 aliphatic heterocycles. The molecule has 1 aliphatic carbocycles. The van der Waals surface area contributed by atoms with Gasteiger partial charge in [0.05, 0.1) is 11.3 Å². The van der Waals surface area contributed by atoms with E-state index in [2.05, 4.69) is 0 Å². The Balaban J connectivity index is 2.68. The van der Waals surface area contributed by atoms with Gasteiger partial charge >= 0.3 is 12.1 Å². The van der Waals surface area contributed by atoms with Crippen molar-refractivity contribution >= 4 is 5.97 Å². The van der Waals surface area contributed by atoms with Crippen LogP contribution in [-0.2, 0) is 4.79 Å². The Hall–Kier alpha value is -0.740. The van der Waals surface area contributed by atoms with E-state index in [4.69, 9.17) is 5.11 Å². The molecule has 0 heterocycles. The van der Waals surface area contributed by atoms with E-state index >= 15 is 0 Å². The molecule has 0 radical (unpaired) electrons. The number of carbonyl (C=O) groups is 1. The molecule has 0 bridgehead atoms. The van der Waals surface area contributed by atoms with Crippen LogP contribution >= 0.6 is 0 Å². The highest BCUT2D eigenvalue weighted by molar-refractivity contribution is 5.78. The quantitative estimate of drug-likeness (QED) is 0.646. The molecule has 1 fully saturated rings. The van der Waals surface area contributed by atoms with E-state index in [1.807, 2.05) is 0 Å². The fraction of sp³-hybridized carbons (Fsp3) is 0.833. The molecule has 0 spiro atoms. The summed E-state index contributed by atoms with van der Waals surface area (Å²) in [5.41, 5.74) is -1.56. The van der Waals surface area contributed by atoms with Crippen molar-refractivity contribution in [1.82, 2.24) is 0 Å². The normalized spacial score (nSPS) is 36.9. The highest BCUT2D eigenvalue weighted by atomic mass is 19.4. The molecule has 0 amide bonds.